The van der Waals surface area contributed by atoms with Gasteiger partial charge in [-0.15, -0.1) is 0 Å². The standard InChI is InChI=1S/C12H7ClF3NS/c13-8-5-6-17-10(7-8)9-3-1-2-4-11(9)18-12(14,15)16/h1-7H. The molecule has 1 aromatic heterocycles. The molecule has 0 atom stereocenters. The summed E-state index contributed by atoms with van der Waals surface area (Å²) in [5.74, 6) is 0. The fraction of sp³-hybridized carbons (Fsp3) is 0.0833. The maximum Gasteiger partial charge on any atom is 0.446 e. The van der Waals surface area contributed by atoms with Crippen molar-refractivity contribution in [1.29, 1.82) is 0 Å². The third-order valence-corrected chi connectivity index (χ3v) is 3.15. The zero-order chi connectivity index (χ0) is 13.2. The lowest BCUT2D eigenvalue weighted by atomic mass is 10.1. The molecule has 0 unspecified atom stereocenters. The first kappa shape index (κ1) is 13.2. The average Bonchev–Trinajstić information content (AvgIpc) is 2.27. The monoisotopic (exact) mass is 289 g/mol. The van der Waals surface area contributed by atoms with Gasteiger partial charge in [0.1, 0.15) is 0 Å². The number of nitrogens with zero attached hydrogens (tertiary/aromatic N) is 1. The minimum atomic E-state index is -4.32. The Kier molecular flexibility index (Phi) is 3.82. The van der Waals surface area contributed by atoms with Gasteiger partial charge in [0, 0.05) is 21.7 Å². The first-order chi connectivity index (χ1) is 8.46. The Morgan fingerprint density at radius 1 is 1.11 bits per heavy atom. The lowest BCUT2D eigenvalue weighted by Gasteiger charge is -2.10. The van der Waals surface area contributed by atoms with Gasteiger partial charge in [0.05, 0.1) is 5.69 Å². The number of halogens is 4. The first-order valence-corrected chi connectivity index (χ1v) is 6.12. The lowest BCUT2D eigenvalue weighted by Crippen LogP contribution is -2.00. The van der Waals surface area contributed by atoms with E-state index in [0.717, 1.165) is 0 Å². The Hall–Kier alpha value is -1.20. The van der Waals surface area contributed by atoms with E-state index in [1.54, 1.807) is 24.3 Å². The molecule has 0 spiro atoms. The second kappa shape index (κ2) is 5.20. The van der Waals surface area contributed by atoms with Crippen molar-refractivity contribution in [3.63, 3.8) is 0 Å². The summed E-state index contributed by atoms with van der Waals surface area (Å²) in [6, 6.07) is 9.34. The molecule has 1 aromatic carbocycles. The highest BCUT2D eigenvalue weighted by atomic mass is 35.5. The predicted octanol–water partition coefficient (Wildman–Crippen LogP) is 5.01. The van der Waals surface area contributed by atoms with Gasteiger partial charge in [-0.25, -0.2) is 0 Å². The molecule has 0 radical (unpaired) electrons. The molecule has 0 amide bonds. The Morgan fingerprint density at radius 2 is 1.83 bits per heavy atom. The van der Waals surface area contributed by atoms with Crippen molar-refractivity contribution in [2.45, 2.75) is 10.4 Å². The highest BCUT2D eigenvalue weighted by molar-refractivity contribution is 8.00. The largest absolute Gasteiger partial charge is 0.446 e. The van der Waals surface area contributed by atoms with E-state index in [1.807, 2.05) is 0 Å². The Balaban J connectivity index is 2.45. The van der Waals surface area contributed by atoms with Gasteiger partial charge in [-0.2, -0.15) is 13.2 Å². The molecule has 0 aliphatic rings. The lowest BCUT2D eigenvalue weighted by molar-refractivity contribution is -0.0327. The van der Waals surface area contributed by atoms with Crippen molar-refractivity contribution < 1.29 is 13.2 Å². The summed E-state index contributed by atoms with van der Waals surface area (Å²) >= 11 is 5.66. The zero-order valence-electron chi connectivity index (χ0n) is 8.91. The molecule has 0 fully saturated rings. The summed E-state index contributed by atoms with van der Waals surface area (Å²) in [4.78, 5) is 4.15. The Bertz CT molecular complexity index is 557. The number of hydrogen-bond acceptors (Lipinski definition) is 2. The van der Waals surface area contributed by atoms with Crippen LogP contribution in [0.15, 0.2) is 47.5 Å². The van der Waals surface area contributed by atoms with Crippen molar-refractivity contribution in [1.82, 2.24) is 4.98 Å². The summed E-state index contributed by atoms with van der Waals surface area (Å²) in [6.45, 7) is 0. The minimum absolute atomic E-state index is 0.111. The van der Waals surface area contributed by atoms with Crippen molar-refractivity contribution in [2.24, 2.45) is 0 Å². The van der Waals surface area contributed by atoms with E-state index < -0.39 is 5.51 Å². The number of alkyl halides is 3. The maximum atomic E-state index is 12.4. The van der Waals surface area contributed by atoms with Gasteiger partial charge in [0.2, 0.25) is 0 Å². The fourth-order valence-electron chi connectivity index (χ4n) is 1.44. The SMILES string of the molecule is FC(F)(F)Sc1ccccc1-c1cc(Cl)ccn1. The zero-order valence-corrected chi connectivity index (χ0v) is 10.5. The van der Waals surface area contributed by atoms with Crippen molar-refractivity contribution in [3.05, 3.63) is 47.6 Å². The van der Waals surface area contributed by atoms with E-state index in [2.05, 4.69) is 4.98 Å². The number of hydrogen-bond donors (Lipinski definition) is 0. The van der Waals surface area contributed by atoms with Crippen LogP contribution in [-0.2, 0) is 0 Å². The van der Waals surface area contributed by atoms with Crippen molar-refractivity contribution in [2.75, 3.05) is 0 Å². The predicted molar refractivity (Wildman–Crippen MR) is 66.6 cm³/mol. The van der Waals surface area contributed by atoms with E-state index >= 15 is 0 Å². The van der Waals surface area contributed by atoms with Gasteiger partial charge in [0.15, 0.2) is 0 Å². The molecule has 0 aliphatic carbocycles. The van der Waals surface area contributed by atoms with Gasteiger partial charge in [-0.1, -0.05) is 29.8 Å². The number of thioether (sulfide) groups is 1. The van der Waals surface area contributed by atoms with Crippen LogP contribution in [0.5, 0.6) is 0 Å². The second-order valence-electron chi connectivity index (χ2n) is 3.40. The molecule has 0 N–H and O–H groups in total. The van der Waals surface area contributed by atoms with E-state index in [-0.39, 0.29) is 16.7 Å². The average molecular weight is 290 g/mol. The van der Waals surface area contributed by atoms with E-state index in [9.17, 15) is 13.2 Å². The number of aromatic nitrogens is 1. The molecule has 6 heteroatoms. The molecule has 94 valence electrons. The maximum absolute atomic E-state index is 12.4. The van der Waals surface area contributed by atoms with E-state index in [4.69, 9.17) is 11.6 Å². The van der Waals surface area contributed by atoms with Crippen LogP contribution in [0, 0.1) is 0 Å². The Morgan fingerprint density at radius 3 is 2.50 bits per heavy atom. The quantitative estimate of drug-likeness (QED) is 0.721. The molecule has 0 aliphatic heterocycles. The molecule has 0 bridgehead atoms. The molecule has 2 rings (SSSR count). The Labute approximate surface area is 111 Å². The van der Waals surface area contributed by atoms with Gasteiger partial charge >= 0.3 is 5.51 Å². The van der Waals surface area contributed by atoms with Crippen LogP contribution in [0.3, 0.4) is 0 Å². The van der Waals surface area contributed by atoms with Gasteiger partial charge < -0.3 is 0 Å². The van der Waals surface area contributed by atoms with Gasteiger partial charge in [-0.3, -0.25) is 4.98 Å². The third kappa shape index (κ3) is 3.40. The molecule has 0 saturated carbocycles. The number of benzene rings is 1. The topological polar surface area (TPSA) is 12.9 Å². The number of pyridine rings is 1. The highest BCUT2D eigenvalue weighted by Crippen LogP contribution is 2.41. The smallest absolute Gasteiger partial charge is 0.256 e. The summed E-state index contributed by atoms with van der Waals surface area (Å²) in [5, 5.41) is 0.437. The highest BCUT2D eigenvalue weighted by Gasteiger charge is 2.30. The van der Waals surface area contributed by atoms with Crippen molar-refractivity contribution >= 4 is 23.4 Å². The summed E-state index contributed by atoms with van der Waals surface area (Å²) in [7, 11) is 0. The molecule has 1 heterocycles. The van der Waals surface area contributed by atoms with Crippen LogP contribution in [0.1, 0.15) is 0 Å². The summed E-state index contributed by atoms with van der Waals surface area (Å²) < 4.78 is 37.3. The fourth-order valence-corrected chi connectivity index (χ4v) is 2.28. The second-order valence-corrected chi connectivity index (χ2v) is 4.95. The van der Waals surface area contributed by atoms with Crippen molar-refractivity contribution in [3.8, 4) is 11.3 Å². The van der Waals surface area contributed by atoms with Crippen LogP contribution in [0.25, 0.3) is 11.3 Å². The van der Waals surface area contributed by atoms with Crippen LogP contribution in [0.2, 0.25) is 5.02 Å². The molecule has 1 nitrogen and oxygen atoms in total. The minimum Gasteiger partial charge on any atom is -0.256 e. The van der Waals surface area contributed by atoms with Crippen LogP contribution in [-0.4, -0.2) is 10.5 Å². The van der Waals surface area contributed by atoms with Crippen LogP contribution < -0.4 is 0 Å². The van der Waals surface area contributed by atoms with Gasteiger partial charge in [0.25, 0.3) is 0 Å². The molecule has 2 aromatic rings. The molecular formula is C12H7ClF3NS. The molecule has 18 heavy (non-hydrogen) atoms. The van der Waals surface area contributed by atoms with Gasteiger partial charge in [-0.05, 0) is 30.0 Å². The molecular weight excluding hydrogens is 283 g/mol. The summed E-state index contributed by atoms with van der Waals surface area (Å²) in [5.41, 5.74) is -3.48. The van der Waals surface area contributed by atoms with E-state index in [1.165, 1.54) is 18.3 Å². The van der Waals surface area contributed by atoms with Crippen LogP contribution >= 0.6 is 23.4 Å². The van der Waals surface area contributed by atoms with Crippen LogP contribution in [0.4, 0.5) is 13.2 Å². The summed E-state index contributed by atoms with van der Waals surface area (Å²) in [6.07, 6.45) is 1.46. The molecule has 0 saturated heterocycles. The first-order valence-electron chi connectivity index (χ1n) is 4.92. The van der Waals surface area contributed by atoms with E-state index in [0.29, 0.717) is 16.3 Å². The number of rotatable bonds is 2. The normalized spacial score (nSPS) is 11.6. The third-order valence-electron chi connectivity index (χ3n) is 2.11.